The van der Waals surface area contributed by atoms with Gasteiger partial charge in [0.25, 0.3) is 0 Å². The molecule has 0 aliphatic heterocycles. The highest BCUT2D eigenvalue weighted by Crippen LogP contribution is 2.33. The maximum atomic E-state index is 12.6. The second-order valence-electron chi connectivity index (χ2n) is 7.18. The van der Waals surface area contributed by atoms with Crippen LogP contribution in [0.15, 0.2) is 18.2 Å². The molecule has 1 aromatic carbocycles. The molecule has 1 atom stereocenters. The number of hydrogen-bond donors (Lipinski definition) is 1. The van der Waals surface area contributed by atoms with Crippen LogP contribution in [-0.4, -0.2) is 24.5 Å². The average Bonchev–Trinajstić information content (AvgIpc) is 2.57. The molecule has 1 aromatic rings. The monoisotopic (exact) mass is 331 g/mol. The molecule has 0 spiro atoms. The third kappa shape index (κ3) is 4.16. The number of carbonyl (C=O) groups is 2. The van der Waals surface area contributed by atoms with Crippen molar-refractivity contribution in [1.29, 1.82) is 0 Å². The highest BCUT2D eigenvalue weighted by atomic mass is 16.5. The fourth-order valence-corrected chi connectivity index (χ4v) is 3.76. The van der Waals surface area contributed by atoms with Crippen molar-refractivity contribution in [3.8, 4) is 0 Å². The van der Waals surface area contributed by atoms with Crippen molar-refractivity contribution in [3.05, 3.63) is 34.9 Å². The quantitative estimate of drug-likeness (QED) is 0.841. The minimum Gasteiger partial charge on any atom is -0.467 e. The molecule has 1 unspecified atom stereocenters. The van der Waals surface area contributed by atoms with Gasteiger partial charge in [-0.3, -0.25) is 4.79 Å². The van der Waals surface area contributed by atoms with Gasteiger partial charge in [-0.25, -0.2) is 4.79 Å². The van der Waals surface area contributed by atoms with Gasteiger partial charge in [0.15, 0.2) is 0 Å². The Hall–Kier alpha value is -1.84. The Morgan fingerprint density at radius 3 is 2.46 bits per heavy atom. The summed E-state index contributed by atoms with van der Waals surface area (Å²) in [5.41, 5.74) is 2.33. The van der Waals surface area contributed by atoms with E-state index in [0.29, 0.717) is 0 Å². The van der Waals surface area contributed by atoms with E-state index in [0.717, 1.165) is 36.8 Å². The molecular weight excluding hydrogens is 302 g/mol. The second kappa shape index (κ2) is 7.82. The van der Waals surface area contributed by atoms with Crippen molar-refractivity contribution in [2.75, 3.05) is 7.11 Å². The zero-order valence-corrected chi connectivity index (χ0v) is 15.3. The number of aryl methyl sites for hydroxylation is 2. The first kappa shape index (κ1) is 18.5. The second-order valence-corrected chi connectivity index (χ2v) is 7.18. The van der Waals surface area contributed by atoms with Gasteiger partial charge < -0.3 is 10.1 Å². The van der Waals surface area contributed by atoms with Crippen molar-refractivity contribution in [2.24, 2.45) is 5.92 Å². The summed E-state index contributed by atoms with van der Waals surface area (Å²) in [6.45, 7) is 5.86. The number of rotatable bonds is 5. The normalized spacial score (nSPS) is 17.8. The highest BCUT2D eigenvalue weighted by Gasteiger charge is 2.43. The SMILES string of the molecule is COC(=O)C(C)(NC(=O)Cc1ccc(C)cc1C)C1CCCCC1. The predicted molar refractivity (Wildman–Crippen MR) is 94.8 cm³/mol. The molecule has 0 heterocycles. The maximum Gasteiger partial charge on any atom is 0.331 e. The number of hydrogen-bond acceptors (Lipinski definition) is 3. The molecule has 132 valence electrons. The van der Waals surface area contributed by atoms with Gasteiger partial charge in [0.05, 0.1) is 13.5 Å². The van der Waals surface area contributed by atoms with Gasteiger partial charge in [0.2, 0.25) is 5.91 Å². The summed E-state index contributed by atoms with van der Waals surface area (Å²) < 4.78 is 5.01. The Labute approximate surface area is 145 Å². The van der Waals surface area contributed by atoms with Crippen LogP contribution in [0.25, 0.3) is 0 Å². The summed E-state index contributed by atoms with van der Waals surface area (Å²) in [6, 6.07) is 6.07. The fourth-order valence-electron chi connectivity index (χ4n) is 3.76. The first-order chi connectivity index (χ1) is 11.4. The van der Waals surface area contributed by atoms with Gasteiger partial charge in [-0.1, -0.05) is 43.0 Å². The molecule has 4 nitrogen and oxygen atoms in total. The van der Waals surface area contributed by atoms with E-state index in [2.05, 4.69) is 11.4 Å². The van der Waals surface area contributed by atoms with Crippen molar-refractivity contribution in [3.63, 3.8) is 0 Å². The summed E-state index contributed by atoms with van der Waals surface area (Å²) in [5, 5.41) is 2.99. The minimum atomic E-state index is -0.940. The van der Waals surface area contributed by atoms with Crippen LogP contribution in [0.2, 0.25) is 0 Å². The zero-order chi connectivity index (χ0) is 17.7. The molecule has 0 radical (unpaired) electrons. The van der Waals surface area contributed by atoms with E-state index < -0.39 is 5.54 Å². The lowest BCUT2D eigenvalue weighted by atomic mass is 9.75. The molecule has 1 N–H and O–H groups in total. The topological polar surface area (TPSA) is 55.4 Å². The number of esters is 1. The number of nitrogens with one attached hydrogen (secondary N) is 1. The molecular formula is C20H29NO3. The molecule has 0 saturated heterocycles. The van der Waals surface area contributed by atoms with Crippen LogP contribution in [0.3, 0.4) is 0 Å². The van der Waals surface area contributed by atoms with E-state index in [1.807, 2.05) is 32.9 Å². The van der Waals surface area contributed by atoms with Gasteiger partial charge >= 0.3 is 5.97 Å². The van der Waals surface area contributed by atoms with Gasteiger partial charge in [0.1, 0.15) is 5.54 Å². The number of carbonyl (C=O) groups excluding carboxylic acids is 2. The Kier molecular flexibility index (Phi) is 6.03. The third-order valence-corrected chi connectivity index (χ3v) is 5.28. The molecule has 1 fully saturated rings. The number of benzene rings is 1. The van der Waals surface area contributed by atoms with E-state index in [9.17, 15) is 9.59 Å². The summed E-state index contributed by atoms with van der Waals surface area (Å²) in [7, 11) is 1.39. The molecule has 4 heteroatoms. The van der Waals surface area contributed by atoms with Crippen LogP contribution in [0.5, 0.6) is 0 Å². The lowest BCUT2D eigenvalue weighted by molar-refractivity contribution is -0.153. The number of ether oxygens (including phenoxy) is 1. The van der Waals surface area contributed by atoms with E-state index >= 15 is 0 Å². The Bertz CT molecular complexity index is 605. The molecule has 0 bridgehead atoms. The smallest absolute Gasteiger partial charge is 0.331 e. The lowest BCUT2D eigenvalue weighted by Gasteiger charge is -2.38. The maximum absolute atomic E-state index is 12.6. The standard InChI is InChI=1S/C20H29NO3/c1-14-10-11-16(15(2)12-14)13-18(22)21-20(3,19(23)24-4)17-8-6-5-7-9-17/h10-12,17H,5-9,13H2,1-4H3,(H,21,22). The van der Waals surface area contributed by atoms with Crippen molar-refractivity contribution < 1.29 is 14.3 Å². The molecule has 2 rings (SSSR count). The van der Waals surface area contributed by atoms with Gasteiger partial charge in [-0.15, -0.1) is 0 Å². The molecule has 1 amide bonds. The molecule has 1 saturated carbocycles. The van der Waals surface area contributed by atoms with Crippen LogP contribution < -0.4 is 5.32 Å². The summed E-state index contributed by atoms with van der Waals surface area (Å²) in [6.07, 6.45) is 5.59. The average molecular weight is 331 g/mol. The van der Waals surface area contributed by atoms with Crippen molar-refractivity contribution in [1.82, 2.24) is 5.32 Å². The summed E-state index contributed by atoms with van der Waals surface area (Å²) >= 11 is 0. The largest absolute Gasteiger partial charge is 0.467 e. The number of methoxy groups -OCH3 is 1. The first-order valence-corrected chi connectivity index (χ1v) is 8.82. The third-order valence-electron chi connectivity index (χ3n) is 5.28. The molecule has 1 aliphatic carbocycles. The summed E-state index contributed by atoms with van der Waals surface area (Å²) in [4.78, 5) is 25.0. The minimum absolute atomic E-state index is 0.125. The fraction of sp³-hybridized carbons (Fsp3) is 0.600. The van der Waals surface area contributed by atoms with Gasteiger partial charge in [-0.2, -0.15) is 0 Å². The van der Waals surface area contributed by atoms with Crippen molar-refractivity contribution >= 4 is 11.9 Å². The van der Waals surface area contributed by atoms with Crippen LogP contribution in [0.4, 0.5) is 0 Å². The molecule has 0 aromatic heterocycles. The summed E-state index contributed by atoms with van der Waals surface area (Å²) in [5.74, 6) is -0.328. The van der Waals surface area contributed by atoms with Crippen LogP contribution >= 0.6 is 0 Å². The van der Waals surface area contributed by atoms with E-state index in [4.69, 9.17) is 4.74 Å². The predicted octanol–water partition coefficient (Wildman–Crippen LogP) is 3.47. The Balaban J connectivity index is 2.13. The van der Waals surface area contributed by atoms with Crippen LogP contribution in [0.1, 0.15) is 55.7 Å². The van der Waals surface area contributed by atoms with Gasteiger partial charge in [-0.05, 0) is 50.7 Å². The Morgan fingerprint density at radius 1 is 1.21 bits per heavy atom. The van der Waals surface area contributed by atoms with Crippen LogP contribution in [0, 0.1) is 19.8 Å². The number of amides is 1. The van der Waals surface area contributed by atoms with Crippen LogP contribution in [-0.2, 0) is 20.7 Å². The Morgan fingerprint density at radius 2 is 1.88 bits per heavy atom. The first-order valence-electron chi connectivity index (χ1n) is 8.82. The highest BCUT2D eigenvalue weighted by molar-refractivity contribution is 5.89. The van der Waals surface area contributed by atoms with E-state index in [-0.39, 0.29) is 24.2 Å². The van der Waals surface area contributed by atoms with E-state index in [1.165, 1.54) is 19.1 Å². The molecule has 1 aliphatic rings. The van der Waals surface area contributed by atoms with Gasteiger partial charge in [0, 0.05) is 0 Å². The lowest BCUT2D eigenvalue weighted by Crippen LogP contribution is -2.58. The zero-order valence-electron chi connectivity index (χ0n) is 15.3. The molecule has 24 heavy (non-hydrogen) atoms. The van der Waals surface area contributed by atoms with Crippen molar-refractivity contribution in [2.45, 2.75) is 64.8 Å². The van der Waals surface area contributed by atoms with E-state index in [1.54, 1.807) is 0 Å².